The van der Waals surface area contributed by atoms with Gasteiger partial charge in [-0.25, -0.2) is 4.57 Å². The Morgan fingerprint density at radius 3 is 1.80 bits per heavy atom. The first kappa shape index (κ1) is 53.4. The summed E-state index contributed by atoms with van der Waals surface area (Å²) in [5.41, 5.74) is 0. The van der Waals surface area contributed by atoms with Gasteiger partial charge >= 0.3 is 19.8 Å². The van der Waals surface area contributed by atoms with Crippen molar-refractivity contribution >= 4 is 19.8 Å². The van der Waals surface area contributed by atoms with Crippen molar-refractivity contribution in [1.82, 2.24) is 0 Å². The zero-order chi connectivity index (χ0) is 41.4. The molecular weight excluding hydrogens is 735 g/mol. The van der Waals surface area contributed by atoms with Crippen LogP contribution in [0.5, 0.6) is 0 Å². The number of phosphoric ester groups is 1. The number of aliphatic hydroxyl groups excluding tert-OH is 3. The van der Waals surface area contributed by atoms with Crippen molar-refractivity contribution in [1.29, 1.82) is 0 Å². The monoisotopic (exact) mass is 811 g/mol. The summed E-state index contributed by atoms with van der Waals surface area (Å²) in [5, 5.41) is 28.3. The van der Waals surface area contributed by atoms with Gasteiger partial charge in [0.1, 0.15) is 12.7 Å². The zero-order valence-electron chi connectivity index (χ0n) is 34.4. The second kappa shape index (κ2) is 39.2. The van der Waals surface area contributed by atoms with Crippen LogP contribution in [0, 0.1) is 0 Å². The highest BCUT2D eigenvalue weighted by atomic mass is 31.2. The maximum absolute atomic E-state index is 12.6. The van der Waals surface area contributed by atoms with Crippen molar-refractivity contribution in [2.45, 2.75) is 167 Å². The zero-order valence-corrected chi connectivity index (χ0v) is 35.3. The third kappa shape index (κ3) is 38.3. The van der Waals surface area contributed by atoms with Crippen LogP contribution in [0.15, 0.2) is 72.9 Å². The first-order valence-electron chi connectivity index (χ1n) is 21.0. The molecule has 0 rings (SSSR count). The number of esters is 2. The van der Waals surface area contributed by atoms with Gasteiger partial charge in [0, 0.05) is 12.8 Å². The van der Waals surface area contributed by atoms with E-state index < -0.39 is 57.9 Å². The molecule has 56 heavy (non-hydrogen) atoms. The Hall–Kier alpha value is -2.63. The molecule has 0 aromatic rings. The number of hydrogen-bond acceptors (Lipinski definition) is 10. The van der Waals surface area contributed by atoms with E-state index in [9.17, 15) is 29.3 Å². The first-order chi connectivity index (χ1) is 27.1. The molecule has 12 heteroatoms. The number of aliphatic hydroxyl groups is 3. The fraction of sp³-hybridized carbons (Fsp3) is 0.682. The van der Waals surface area contributed by atoms with Crippen LogP contribution in [0.25, 0.3) is 0 Å². The summed E-state index contributed by atoms with van der Waals surface area (Å²) >= 11 is 0. The standard InChI is InChI=1S/C44H75O11P/c1-3-5-7-9-11-12-13-14-15-20-23-27-31-35-44(49)55-42(39-54-56(50,51)53-37-41(47)36-45)38-52-43(48)34-30-26-22-19-17-16-18-21-25-29-33-40(46)32-28-24-10-8-6-4-2/h6,8,16-17,21-22,24-26,28-29,33,40-42,45-47H,3-5,7,9-15,18-20,23,27,30-32,34-39H2,1-2H3,(H,50,51)/b8-6-,17-16-,25-21-,26-22-,28-24-,33-29+/t40?,41-,42+/m0/s1. The SMILES string of the molecule is CC/C=C\C/C=C\CC(O)/C=C/C=C\C/C=C\C/C=C\CCC(=O)OC[C@H](COP(=O)(O)OC[C@@H](O)CO)OC(=O)CCCCCCCCCCCCCCC. The average Bonchev–Trinajstić information content (AvgIpc) is 3.18. The van der Waals surface area contributed by atoms with E-state index in [0.29, 0.717) is 25.7 Å². The summed E-state index contributed by atoms with van der Waals surface area (Å²) in [5.74, 6) is -1.06. The molecule has 0 amide bonds. The molecule has 0 fully saturated rings. The Morgan fingerprint density at radius 1 is 0.625 bits per heavy atom. The highest BCUT2D eigenvalue weighted by Crippen LogP contribution is 2.43. The van der Waals surface area contributed by atoms with E-state index in [1.165, 1.54) is 57.8 Å². The van der Waals surface area contributed by atoms with Crippen LogP contribution in [0.1, 0.15) is 149 Å². The summed E-state index contributed by atoms with van der Waals surface area (Å²) in [7, 11) is -4.64. The molecule has 0 radical (unpaired) electrons. The van der Waals surface area contributed by atoms with E-state index in [0.717, 1.165) is 38.5 Å². The van der Waals surface area contributed by atoms with Crippen LogP contribution in [-0.2, 0) is 32.7 Å². The average molecular weight is 811 g/mol. The predicted octanol–water partition coefficient (Wildman–Crippen LogP) is 9.86. The minimum Gasteiger partial charge on any atom is -0.462 e. The quantitative estimate of drug-likeness (QED) is 0.0154. The molecule has 4 N–H and O–H groups in total. The molecule has 0 aromatic carbocycles. The Labute approximate surface area is 338 Å². The van der Waals surface area contributed by atoms with E-state index >= 15 is 0 Å². The van der Waals surface area contributed by atoms with Crippen LogP contribution in [0.4, 0.5) is 0 Å². The summed E-state index contributed by atoms with van der Waals surface area (Å²) < 4.78 is 32.6. The Balaban J connectivity index is 4.50. The van der Waals surface area contributed by atoms with Gasteiger partial charge in [-0.15, -0.1) is 0 Å². The van der Waals surface area contributed by atoms with Crippen LogP contribution in [0.2, 0.25) is 0 Å². The third-order valence-corrected chi connectivity index (χ3v) is 9.42. The van der Waals surface area contributed by atoms with Crippen molar-refractivity contribution in [2.24, 2.45) is 0 Å². The molecule has 0 aliphatic rings. The van der Waals surface area contributed by atoms with Gasteiger partial charge in [0.15, 0.2) is 6.10 Å². The molecular formula is C44H75O11P. The Kier molecular flexibility index (Phi) is 37.4. The molecule has 0 bridgehead atoms. The van der Waals surface area contributed by atoms with Crippen molar-refractivity contribution in [3.8, 4) is 0 Å². The third-order valence-electron chi connectivity index (χ3n) is 8.47. The highest BCUT2D eigenvalue weighted by Gasteiger charge is 2.27. The molecule has 0 saturated carbocycles. The van der Waals surface area contributed by atoms with Gasteiger partial charge in [-0.1, -0.05) is 164 Å². The predicted molar refractivity (Wildman–Crippen MR) is 225 cm³/mol. The lowest BCUT2D eigenvalue weighted by atomic mass is 10.0. The number of hydrogen-bond donors (Lipinski definition) is 4. The summed E-state index contributed by atoms with van der Waals surface area (Å²) in [6, 6.07) is 0. The number of phosphoric acid groups is 1. The second-order valence-corrected chi connectivity index (χ2v) is 15.3. The first-order valence-corrected chi connectivity index (χ1v) is 22.5. The topological polar surface area (TPSA) is 169 Å². The molecule has 11 nitrogen and oxygen atoms in total. The summed E-state index contributed by atoms with van der Waals surface area (Å²) in [4.78, 5) is 34.9. The van der Waals surface area contributed by atoms with Gasteiger partial charge in [0.05, 0.1) is 25.9 Å². The number of rotatable bonds is 38. The summed E-state index contributed by atoms with van der Waals surface area (Å²) in [6.45, 7) is 2.08. The molecule has 2 unspecified atom stereocenters. The minimum absolute atomic E-state index is 0.0912. The van der Waals surface area contributed by atoms with Crippen molar-refractivity contribution < 1.29 is 52.9 Å². The van der Waals surface area contributed by atoms with Crippen molar-refractivity contribution in [3.63, 3.8) is 0 Å². The molecule has 0 heterocycles. The summed E-state index contributed by atoms with van der Waals surface area (Å²) in [6.07, 6.45) is 40.5. The van der Waals surface area contributed by atoms with Gasteiger partial charge in [-0.3, -0.25) is 18.6 Å². The normalized spacial score (nSPS) is 15.2. The molecule has 0 spiro atoms. The number of unbranched alkanes of at least 4 members (excludes halogenated alkanes) is 12. The van der Waals surface area contributed by atoms with E-state index in [2.05, 4.69) is 36.6 Å². The van der Waals surface area contributed by atoms with Gasteiger partial charge in [-0.2, -0.15) is 0 Å². The van der Waals surface area contributed by atoms with Gasteiger partial charge in [0.2, 0.25) is 0 Å². The largest absolute Gasteiger partial charge is 0.472 e. The maximum Gasteiger partial charge on any atom is 0.472 e. The molecule has 0 saturated heterocycles. The molecule has 0 aromatic heterocycles. The highest BCUT2D eigenvalue weighted by molar-refractivity contribution is 7.47. The lowest BCUT2D eigenvalue weighted by molar-refractivity contribution is -0.161. The second-order valence-electron chi connectivity index (χ2n) is 13.8. The molecule has 0 aliphatic heterocycles. The van der Waals surface area contributed by atoms with Gasteiger partial charge in [0.25, 0.3) is 0 Å². The van der Waals surface area contributed by atoms with E-state index in [4.69, 9.17) is 19.1 Å². The molecule has 322 valence electrons. The number of carbonyl (C=O) groups excluding carboxylic acids is 2. The molecule has 0 aliphatic carbocycles. The lowest BCUT2D eigenvalue weighted by Crippen LogP contribution is -2.29. The van der Waals surface area contributed by atoms with E-state index in [1.54, 1.807) is 6.08 Å². The molecule has 4 atom stereocenters. The fourth-order valence-corrected chi connectivity index (χ4v) is 6.01. The van der Waals surface area contributed by atoms with Crippen molar-refractivity contribution in [3.05, 3.63) is 72.9 Å². The van der Waals surface area contributed by atoms with Crippen LogP contribution < -0.4 is 0 Å². The Bertz CT molecular complexity index is 1180. The van der Waals surface area contributed by atoms with Crippen molar-refractivity contribution in [2.75, 3.05) is 26.4 Å². The van der Waals surface area contributed by atoms with Gasteiger partial charge in [-0.05, 0) is 44.9 Å². The lowest BCUT2D eigenvalue weighted by Gasteiger charge is -2.20. The van der Waals surface area contributed by atoms with E-state index in [-0.39, 0.29) is 19.4 Å². The van der Waals surface area contributed by atoms with Gasteiger partial charge < -0.3 is 29.7 Å². The number of carbonyl (C=O) groups is 2. The Morgan fingerprint density at radius 2 is 1.18 bits per heavy atom. The number of allylic oxidation sites excluding steroid dienone is 10. The van der Waals surface area contributed by atoms with E-state index in [1.807, 2.05) is 48.6 Å². The van der Waals surface area contributed by atoms with Crippen LogP contribution >= 0.6 is 7.82 Å². The number of ether oxygens (including phenoxy) is 2. The fourth-order valence-electron chi connectivity index (χ4n) is 5.22. The smallest absolute Gasteiger partial charge is 0.462 e. The maximum atomic E-state index is 12.6. The minimum atomic E-state index is -4.64. The van der Waals surface area contributed by atoms with Crippen LogP contribution in [0.3, 0.4) is 0 Å². The van der Waals surface area contributed by atoms with Crippen LogP contribution in [-0.4, -0.2) is 76.9 Å².